The Bertz CT molecular complexity index is 105. The normalized spacial score (nSPS) is 11.1. The number of quaternary nitrogens is 1. The Labute approximate surface area is 48.1 Å². The Kier molecular flexibility index (Phi) is 5.43. The highest BCUT2D eigenvalue weighted by molar-refractivity contribution is 5.06. The average Bonchev–Trinajstić information content (AvgIpc) is 1.81. The molecule has 0 saturated carbocycles. The van der Waals surface area contributed by atoms with E-state index in [1.54, 1.807) is 24.3 Å². The highest BCUT2D eigenvalue weighted by Crippen LogP contribution is 1.71. The zero-order chi connectivity index (χ0) is 6.24. The first-order valence-corrected chi connectivity index (χ1v) is 2.29. The maximum atomic E-state index is 11.1. The molecular formula is C6H9FN+. The van der Waals surface area contributed by atoms with Crippen LogP contribution in [-0.4, -0.2) is 0 Å². The van der Waals surface area contributed by atoms with Crippen molar-refractivity contribution in [3.63, 3.8) is 0 Å². The summed E-state index contributed by atoms with van der Waals surface area (Å²) in [6, 6.07) is 0. The van der Waals surface area contributed by atoms with E-state index in [1.165, 1.54) is 6.20 Å². The van der Waals surface area contributed by atoms with E-state index in [0.717, 1.165) is 0 Å². The van der Waals surface area contributed by atoms with E-state index in [0.29, 0.717) is 5.54 Å². The van der Waals surface area contributed by atoms with Crippen LogP contribution < -0.4 is 5.54 Å². The summed E-state index contributed by atoms with van der Waals surface area (Å²) < 4.78 is 11.1. The van der Waals surface area contributed by atoms with Crippen LogP contribution in [0.4, 0.5) is 4.48 Å². The Morgan fingerprint density at radius 3 is 2.50 bits per heavy atom. The van der Waals surface area contributed by atoms with Crippen molar-refractivity contribution in [2.75, 3.05) is 0 Å². The molecule has 0 fully saturated rings. The lowest BCUT2D eigenvalue weighted by Gasteiger charge is -1.67. The van der Waals surface area contributed by atoms with E-state index in [2.05, 4.69) is 6.58 Å². The predicted octanol–water partition coefficient (Wildman–Crippen LogP) is 0.690. The van der Waals surface area contributed by atoms with Gasteiger partial charge in [-0.3, -0.25) is 0 Å². The van der Waals surface area contributed by atoms with Crippen LogP contribution in [0.3, 0.4) is 0 Å². The fourth-order valence-corrected chi connectivity index (χ4v) is 0.249. The van der Waals surface area contributed by atoms with E-state index in [-0.39, 0.29) is 0 Å². The molecule has 0 rings (SSSR count). The van der Waals surface area contributed by atoms with E-state index in [9.17, 15) is 4.48 Å². The van der Waals surface area contributed by atoms with E-state index < -0.39 is 0 Å². The van der Waals surface area contributed by atoms with Crippen molar-refractivity contribution in [2.24, 2.45) is 0 Å². The lowest BCUT2D eigenvalue weighted by atomic mass is 10.5. The van der Waals surface area contributed by atoms with Crippen LogP contribution in [0.5, 0.6) is 0 Å². The molecule has 2 N–H and O–H groups in total. The van der Waals surface area contributed by atoms with Crippen LogP contribution in [0.2, 0.25) is 0 Å². The van der Waals surface area contributed by atoms with Crippen molar-refractivity contribution in [1.82, 2.24) is 0 Å². The van der Waals surface area contributed by atoms with Gasteiger partial charge in [-0.05, 0) is 10.6 Å². The predicted molar refractivity (Wildman–Crippen MR) is 31.5 cm³/mol. The number of nitrogens with two attached hydrogens (primary N) is 1. The first-order chi connectivity index (χ1) is 3.91. The van der Waals surface area contributed by atoms with Gasteiger partial charge >= 0.3 is 0 Å². The zero-order valence-corrected chi connectivity index (χ0v) is 4.55. The van der Waals surface area contributed by atoms with Gasteiger partial charge in [-0.1, -0.05) is 24.8 Å². The Morgan fingerprint density at radius 1 is 1.25 bits per heavy atom. The summed E-state index contributed by atoms with van der Waals surface area (Å²) in [5.74, 6) is 0. The van der Waals surface area contributed by atoms with Crippen molar-refractivity contribution in [1.29, 1.82) is 0 Å². The molecule has 0 aliphatic carbocycles. The number of halogens is 1. The number of rotatable bonds is 3. The quantitative estimate of drug-likeness (QED) is 0.410. The fraction of sp³-hybridized carbons (Fsp3) is 0. The lowest BCUT2D eigenvalue weighted by Crippen LogP contribution is -2.66. The molecule has 0 amide bonds. The zero-order valence-electron chi connectivity index (χ0n) is 4.55. The minimum Gasteiger partial charge on any atom is -0.125 e. The molecule has 44 valence electrons. The first-order valence-electron chi connectivity index (χ1n) is 2.29. The third-order valence-corrected chi connectivity index (χ3v) is 0.542. The summed E-state index contributed by atoms with van der Waals surface area (Å²) in [5, 5.41) is 0. The summed E-state index contributed by atoms with van der Waals surface area (Å²) in [5.41, 5.74) is 0.480. The number of hydrogen-bond donors (Lipinski definition) is 1. The molecule has 0 spiro atoms. The third kappa shape index (κ3) is 5.11. The van der Waals surface area contributed by atoms with Crippen molar-refractivity contribution in [2.45, 2.75) is 0 Å². The van der Waals surface area contributed by atoms with Gasteiger partial charge in [-0.25, -0.2) is 0 Å². The van der Waals surface area contributed by atoms with Gasteiger partial charge in [0.25, 0.3) is 0 Å². The Hall–Kier alpha value is -0.890. The molecule has 0 heterocycles. The van der Waals surface area contributed by atoms with E-state index in [1.807, 2.05) is 0 Å². The van der Waals surface area contributed by atoms with Crippen molar-refractivity contribution in [3.8, 4) is 0 Å². The van der Waals surface area contributed by atoms with Crippen molar-refractivity contribution >= 4 is 0 Å². The standard InChI is InChI=1S/C6H8FN/c1-2-3-4-5-6-8-7/h2-6,8H,1H2/p+1/b4-3-,6-5-. The maximum absolute atomic E-state index is 11.1. The topological polar surface area (TPSA) is 16.6 Å². The minimum absolute atomic E-state index is 0.480. The lowest BCUT2D eigenvalue weighted by molar-refractivity contribution is -0.772. The molecule has 2 heteroatoms. The maximum Gasteiger partial charge on any atom is 0.131 e. The molecular weight excluding hydrogens is 105 g/mol. The van der Waals surface area contributed by atoms with Crippen LogP contribution in [0.25, 0.3) is 0 Å². The summed E-state index contributed by atoms with van der Waals surface area (Å²) in [4.78, 5) is 0. The Balaban J connectivity index is 3.26. The molecule has 0 radical (unpaired) electrons. The highest BCUT2D eigenvalue weighted by atomic mass is 19.2. The van der Waals surface area contributed by atoms with Crippen molar-refractivity contribution < 1.29 is 10.0 Å². The third-order valence-electron chi connectivity index (χ3n) is 0.542. The van der Waals surface area contributed by atoms with Crippen LogP contribution in [0, 0.1) is 0 Å². The fourth-order valence-electron chi connectivity index (χ4n) is 0.249. The summed E-state index contributed by atoms with van der Waals surface area (Å²) in [6.07, 6.45) is 7.94. The second-order valence-electron chi connectivity index (χ2n) is 1.13. The molecule has 0 bridgehead atoms. The monoisotopic (exact) mass is 114 g/mol. The van der Waals surface area contributed by atoms with Gasteiger partial charge in [0.1, 0.15) is 6.20 Å². The average molecular weight is 114 g/mol. The SMILES string of the molecule is C=C/C=C\C=C/[NH2+]F. The van der Waals surface area contributed by atoms with Crippen LogP contribution >= 0.6 is 0 Å². The van der Waals surface area contributed by atoms with Gasteiger partial charge in [0.2, 0.25) is 0 Å². The number of allylic oxidation sites excluding steroid dienone is 4. The van der Waals surface area contributed by atoms with Gasteiger partial charge in [0.15, 0.2) is 0 Å². The molecule has 0 aliphatic rings. The Morgan fingerprint density at radius 2 is 2.00 bits per heavy atom. The molecule has 0 aliphatic heterocycles. The first kappa shape index (κ1) is 7.11. The molecule has 0 aromatic heterocycles. The smallest absolute Gasteiger partial charge is 0.125 e. The highest BCUT2D eigenvalue weighted by Gasteiger charge is 1.64. The summed E-state index contributed by atoms with van der Waals surface area (Å²) in [6.45, 7) is 3.43. The summed E-state index contributed by atoms with van der Waals surface area (Å²) in [7, 11) is 0. The molecule has 0 unspecified atom stereocenters. The van der Waals surface area contributed by atoms with Crippen LogP contribution in [0.15, 0.2) is 37.1 Å². The van der Waals surface area contributed by atoms with Gasteiger partial charge < -0.3 is 0 Å². The van der Waals surface area contributed by atoms with Gasteiger partial charge in [0.05, 0.1) is 0 Å². The van der Waals surface area contributed by atoms with E-state index >= 15 is 0 Å². The van der Waals surface area contributed by atoms with Gasteiger partial charge in [0, 0.05) is 0 Å². The van der Waals surface area contributed by atoms with Crippen LogP contribution in [-0.2, 0) is 0 Å². The van der Waals surface area contributed by atoms with Gasteiger partial charge in [-0.2, -0.15) is 0 Å². The van der Waals surface area contributed by atoms with E-state index in [4.69, 9.17) is 0 Å². The summed E-state index contributed by atoms with van der Waals surface area (Å²) >= 11 is 0. The minimum atomic E-state index is 0.480. The van der Waals surface area contributed by atoms with Gasteiger partial charge in [-0.15, -0.1) is 5.54 Å². The number of hydrogen-bond acceptors (Lipinski definition) is 0. The van der Waals surface area contributed by atoms with Crippen molar-refractivity contribution in [3.05, 3.63) is 37.1 Å². The molecule has 8 heavy (non-hydrogen) atoms. The molecule has 0 saturated heterocycles. The molecule has 0 aromatic carbocycles. The van der Waals surface area contributed by atoms with Crippen LogP contribution in [0.1, 0.15) is 0 Å². The molecule has 0 aromatic rings. The second kappa shape index (κ2) is 6.11. The molecule has 1 nitrogen and oxygen atoms in total. The largest absolute Gasteiger partial charge is 0.131 e. The molecule has 0 atom stereocenters. The second-order valence-corrected chi connectivity index (χ2v) is 1.13.